The van der Waals surface area contributed by atoms with E-state index in [1.807, 2.05) is 18.2 Å². The lowest BCUT2D eigenvalue weighted by atomic mass is 10.0. The molecule has 3 N–H and O–H groups in total. The van der Waals surface area contributed by atoms with Gasteiger partial charge in [-0.2, -0.15) is 23.0 Å². The minimum absolute atomic E-state index is 0.0737. The van der Waals surface area contributed by atoms with Crippen molar-refractivity contribution >= 4 is 11.6 Å². The largest absolute Gasteiger partial charge is 0.416 e. The van der Waals surface area contributed by atoms with Crippen LogP contribution in [0.15, 0.2) is 83.8 Å². The van der Waals surface area contributed by atoms with Gasteiger partial charge >= 0.3 is 6.18 Å². The van der Waals surface area contributed by atoms with E-state index in [1.54, 1.807) is 30.5 Å². The molecule has 0 saturated carbocycles. The number of halogens is 3. The zero-order valence-corrected chi connectivity index (χ0v) is 18.5. The van der Waals surface area contributed by atoms with Crippen molar-refractivity contribution in [1.29, 1.82) is 0 Å². The topological polar surface area (TPSA) is 103 Å². The summed E-state index contributed by atoms with van der Waals surface area (Å²) in [5.74, 6) is -0.664. The third-order valence-corrected chi connectivity index (χ3v) is 5.24. The molecule has 4 aromatic rings. The lowest BCUT2D eigenvalue weighted by Crippen LogP contribution is -2.30. The number of anilines is 1. The number of hydrogen-bond acceptors (Lipinski definition) is 5. The molecule has 4 rings (SSSR count). The van der Waals surface area contributed by atoms with Gasteiger partial charge in [-0.05, 0) is 61.0 Å². The number of nitrogens with one attached hydrogen (secondary N) is 1. The number of benzene rings is 2. The Morgan fingerprint density at radius 1 is 1.03 bits per heavy atom. The molecule has 2 heterocycles. The predicted octanol–water partition coefficient (Wildman–Crippen LogP) is 4.39. The summed E-state index contributed by atoms with van der Waals surface area (Å²) >= 11 is 0. The molecule has 0 bridgehead atoms. The first-order valence-corrected chi connectivity index (χ1v) is 10.5. The van der Waals surface area contributed by atoms with Crippen LogP contribution in [0.1, 0.15) is 34.6 Å². The number of nitrogens with zero attached hydrogens (tertiary/aromatic N) is 3. The van der Waals surface area contributed by atoms with Crippen LogP contribution in [0.25, 0.3) is 16.9 Å². The number of alkyl halides is 3. The summed E-state index contributed by atoms with van der Waals surface area (Å²) in [4.78, 5) is 29.6. The van der Waals surface area contributed by atoms with Crippen molar-refractivity contribution in [2.75, 3.05) is 5.73 Å². The maximum Gasteiger partial charge on any atom is 0.416 e. The number of carbonyl (C=O) groups is 1. The van der Waals surface area contributed by atoms with E-state index in [0.29, 0.717) is 11.4 Å². The Bertz CT molecular complexity index is 1440. The number of carbonyl (C=O) groups excluding carboxylic acids is 1. The minimum atomic E-state index is -4.57. The van der Waals surface area contributed by atoms with Crippen molar-refractivity contribution in [3.63, 3.8) is 0 Å². The highest BCUT2D eigenvalue weighted by Gasteiger charge is 2.31. The molecule has 0 unspecified atom stereocenters. The Balaban J connectivity index is 1.61. The van der Waals surface area contributed by atoms with Crippen LogP contribution in [0.5, 0.6) is 0 Å². The molecule has 1 atom stereocenters. The quantitative estimate of drug-likeness (QED) is 0.414. The summed E-state index contributed by atoms with van der Waals surface area (Å²) in [6.45, 7) is 1.53. The van der Waals surface area contributed by atoms with Crippen molar-refractivity contribution in [3.8, 4) is 16.9 Å². The molecule has 2 aromatic heterocycles. The normalized spacial score (nSPS) is 12.2. The van der Waals surface area contributed by atoms with Crippen LogP contribution >= 0.6 is 0 Å². The highest BCUT2D eigenvalue weighted by Crippen LogP contribution is 2.32. The fraction of sp³-hybridized carbons (Fsp3) is 0.120. The van der Waals surface area contributed by atoms with Crippen LogP contribution in [-0.4, -0.2) is 20.7 Å². The standard InChI is InChI=1S/C25H20F3N5O2/c1-15(17-11-18(25(26,27)28)14-19(29)12-17)31-24(35)22-8-9-23(34)33(32-22)20-6-4-5-16(13-20)21-7-2-3-10-30-21/h2-15H,29H2,1H3,(H,31,35)/t15-/m1/s1. The first kappa shape index (κ1) is 23.7. The third-order valence-electron chi connectivity index (χ3n) is 5.24. The molecule has 0 fully saturated rings. The van der Waals surface area contributed by atoms with Crippen LogP contribution in [0.4, 0.5) is 18.9 Å². The van der Waals surface area contributed by atoms with E-state index < -0.39 is 29.2 Å². The maximum absolute atomic E-state index is 13.1. The number of rotatable bonds is 5. The second kappa shape index (κ2) is 9.41. The first-order chi connectivity index (χ1) is 16.6. The van der Waals surface area contributed by atoms with Gasteiger partial charge in [0.1, 0.15) is 5.69 Å². The highest BCUT2D eigenvalue weighted by molar-refractivity contribution is 5.92. The van der Waals surface area contributed by atoms with E-state index in [0.717, 1.165) is 22.4 Å². The fourth-order valence-electron chi connectivity index (χ4n) is 3.49. The van der Waals surface area contributed by atoms with E-state index >= 15 is 0 Å². The molecule has 0 saturated heterocycles. The number of nitrogens with two attached hydrogens (primary N) is 1. The van der Waals surface area contributed by atoms with Crippen molar-refractivity contribution < 1.29 is 18.0 Å². The molecule has 10 heteroatoms. The van der Waals surface area contributed by atoms with Gasteiger partial charge in [-0.3, -0.25) is 14.6 Å². The number of aromatic nitrogens is 3. The van der Waals surface area contributed by atoms with Crippen molar-refractivity contribution in [2.45, 2.75) is 19.1 Å². The zero-order valence-electron chi connectivity index (χ0n) is 18.5. The Morgan fingerprint density at radius 2 is 1.83 bits per heavy atom. The molecule has 178 valence electrons. The van der Waals surface area contributed by atoms with Crippen LogP contribution in [0.3, 0.4) is 0 Å². The lowest BCUT2D eigenvalue weighted by molar-refractivity contribution is -0.137. The Hall–Kier alpha value is -4.47. The molecular weight excluding hydrogens is 459 g/mol. The van der Waals surface area contributed by atoms with Crippen LogP contribution in [0, 0.1) is 0 Å². The van der Waals surface area contributed by atoms with Gasteiger partial charge in [0.25, 0.3) is 11.5 Å². The van der Waals surface area contributed by atoms with Gasteiger partial charge in [-0.25, -0.2) is 0 Å². The Kier molecular flexibility index (Phi) is 6.37. The molecule has 1 amide bonds. The van der Waals surface area contributed by atoms with Gasteiger partial charge in [-0.15, -0.1) is 0 Å². The van der Waals surface area contributed by atoms with Crippen LogP contribution in [-0.2, 0) is 6.18 Å². The summed E-state index contributed by atoms with van der Waals surface area (Å²) in [5.41, 5.74) is 6.15. The first-order valence-electron chi connectivity index (χ1n) is 10.5. The summed E-state index contributed by atoms with van der Waals surface area (Å²) in [6, 6.07) is 17.2. The molecular formula is C25H20F3N5O2. The zero-order chi connectivity index (χ0) is 25.2. The van der Waals surface area contributed by atoms with E-state index in [1.165, 1.54) is 25.1 Å². The van der Waals surface area contributed by atoms with E-state index in [2.05, 4.69) is 15.4 Å². The van der Waals surface area contributed by atoms with E-state index in [4.69, 9.17) is 5.73 Å². The summed E-state index contributed by atoms with van der Waals surface area (Å²) < 4.78 is 40.5. The minimum Gasteiger partial charge on any atom is -0.399 e. The molecule has 0 radical (unpaired) electrons. The van der Waals surface area contributed by atoms with Crippen LogP contribution < -0.4 is 16.6 Å². The third kappa shape index (κ3) is 5.37. The summed E-state index contributed by atoms with van der Waals surface area (Å²) in [5, 5.41) is 6.77. The highest BCUT2D eigenvalue weighted by atomic mass is 19.4. The monoisotopic (exact) mass is 479 g/mol. The lowest BCUT2D eigenvalue weighted by Gasteiger charge is -2.17. The molecule has 2 aromatic carbocycles. The van der Waals surface area contributed by atoms with Crippen molar-refractivity contribution in [2.24, 2.45) is 0 Å². The van der Waals surface area contributed by atoms with Gasteiger partial charge in [-0.1, -0.05) is 18.2 Å². The SMILES string of the molecule is C[C@@H](NC(=O)c1ccc(=O)n(-c2cccc(-c3ccccn3)c2)n1)c1cc(N)cc(C(F)(F)F)c1. The summed E-state index contributed by atoms with van der Waals surface area (Å²) in [6.07, 6.45) is -2.93. The van der Waals surface area contributed by atoms with Gasteiger partial charge in [0, 0.05) is 23.5 Å². The maximum atomic E-state index is 13.1. The molecule has 0 aliphatic heterocycles. The molecule has 35 heavy (non-hydrogen) atoms. The Labute approximate surface area is 198 Å². The van der Waals surface area contributed by atoms with Crippen molar-refractivity contribution in [1.82, 2.24) is 20.1 Å². The van der Waals surface area contributed by atoms with Gasteiger partial charge in [0.15, 0.2) is 0 Å². The molecule has 0 aliphatic carbocycles. The van der Waals surface area contributed by atoms with Gasteiger partial charge in [0.2, 0.25) is 0 Å². The van der Waals surface area contributed by atoms with Crippen molar-refractivity contribution in [3.05, 3.63) is 106 Å². The Morgan fingerprint density at radius 3 is 2.54 bits per heavy atom. The average molecular weight is 479 g/mol. The number of pyridine rings is 1. The predicted molar refractivity (Wildman–Crippen MR) is 125 cm³/mol. The van der Waals surface area contributed by atoms with Gasteiger partial charge < -0.3 is 11.1 Å². The second-order valence-electron chi connectivity index (χ2n) is 7.82. The van der Waals surface area contributed by atoms with E-state index in [-0.39, 0.29) is 16.9 Å². The fourth-order valence-corrected chi connectivity index (χ4v) is 3.49. The molecule has 0 aliphatic rings. The number of hydrogen-bond donors (Lipinski definition) is 2. The van der Waals surface area contributed by atoms with Crippen LogP contribution in [0.2, 0.25) is 0 Å². The average Bonchev–Trinajstić information content (AvgIpc) is 2.84. The molecule has 7 nitrogen and oxygen atoms in total. The molecule has 0 spiro atoms. The second-order valence-corrected chi connectivity index (χ2v) is 7.82. The smallest absolute Gasteiger partial charge is 0.399 e. The number of nitrogen functional groups attached to an aromatic ring is 1. The summed E-state index contributed by atoms with van der Waals surface area (Å²) in [7, 11) is 0. The van der Waals surface area contributed by atoms with Gasteiger partial charge in [0.05, 0.1) is 23.0 Å². The number of amides is 1. The van der Waals surface area contributed by atoms with E-state index in [9.17, 15) is 22.8 Å².